The van der Waals surface area contributed by atoms with Crippen LogP contribution < -0.4 is 10.5 Å². The van der Waals surface area contributed by atoms with Crippen LogP contribution in [0.25, 0.3) is 11.0 Å². The van der Waals surface area contributed by atoms with E-state index in [0.29, 0.717) is 11.5 Å². The Hall–Kier alpha value is -2.61. The molecule has 3 heterocycles. The molecule has 1 aliphatic carbocycles. The van der Waals surface area contributed by atoms with E-state index in [-0.39, 0.29) is 6.04 Å². The molecule has 1 aliphatic heterocycles. The first kappa shape index (κ1) is 21.2. The van der Waals surface area contributed by atoms with Crippen molar-refractivity contribution in [3.63, 3.8) is 0 Å². The zero-order chi connectivity index (χ0) is 22.5. The van der Waals surface area contributed by atoms with Crippen LogP contribution in [0, 0.1) is 0 Å². The van der Waals surface area contributed by atoms with E-state index in [1.54, 1.807) is 16.8 Å². The van der Waals surface area contributed by atoms with Gasteiger partial charge in [0.05, 0.1) is 18.0 Å². The number of ether oxygens (including phenoxy) is 1. The van der Waals surface area contributed by atoms with Gasteiger partial charge in [0, 0.05) is 6.20 Å². The van der Waals surface area contributed by atoms with Gasteiger partial charge in [0.25, 0.3) is 0 Å². The molecule has 0 saturated carbocycles. The maximum Gasteiger partial charge on any atom is 0.333 e. The smallest absolute Gasteiger partial charge is 0.333 e. The van der Waals surface area contributed by atoms with E-state index >= 15 is 0 Å². The molecule has 1 fully saturated rings. The van der Waals surface area contributed by atoms with E-state index in [4.69, 9.17) is 9.88 Å². The minimum Gasteiger partial charge on any atom is -0.387 e. The number of aliphatic hydroxyl groups is 2. The number of aromatic nitrogens is 3. The summed E-state index contributed by atoms with van der Waals surface area (Å²) in [7, 11) is -4.21. The average molecular weight is 462 g/mol. The molecule has 0 amide bonds. The fourth-order valence-electron chi connectivity index (χ4n) is 4.42. The number of nitrogens with one attached hydrogen (secondary N) is 1. The van der Waals surface area contributed by atoms with Gasteiger partial charge in [-0.05, 0) is 30.0 Å². The first-order chi connectivity index (χ1) is 15.3. The van der Waals surface area contributed by atoms with Crippen LogP contribution in [0.3, 0.4) is 0 Å². The molecule has 1 unspecified atom stereocenters. The number of nitrogens with zero attached hydrogens (tertiary/aromatic N) is 3. The number of aliphatic hydroxyl groups excluding tert-OH is 2. The maximum atomic E-state index is 11.0. The quantitative estimate of drug-likeness (QED) is 0.406. The first-order valence-corrected chi connectivity index (χ1v) is 11.6. The Morgan fingerprint density at radius 1 is 1.22 bits per heavy atom. The van der Waals surface area contributed by atoms with Gasteiger partial charge in [0.1, 0.15) is 36.1 Å². The third kappa shape index (κ3) is 3.85. The second-order valence-electron chi connectivity index (χ2n) is 7.94. The van der Waals surface area contributed by atoms with Crippen molar-refractivity contribution in [3.05, 3.63) is 54.0 Å². The molecular formula is C20H23N5O6S. The van der Waals surface area contributed by atoms with E-state index < -0.39 is 41.5 Å². The Morgan fingerprint density at radius 2 is 2.03 bits per heavy atom. The number of nitrogens with two attached hydrogens (primary N) is 1. The molecule has 170 valence electrons. The Kier molecular flexibility index (Phi) is 5.35. The fraction of sp³-hybridized carbons (Fsp3) is 0.400. The van der Waals surface area contributed by atoms with Gasteiger partial charge in [-0.25, -0.2) is 15.1 Å². The normalized spacial score (nSPS) is 27.7. The fourth-order valence-corrected chi connectivity index (χ4v) is 4.75. The third-order valence-corrected chi connectivity index (χ3v) is 6.43. The molecule has 32 heavy (non-hydrogen) atoms. The lowest BCUT2D eigenvalue weighted by Crippen LogP contribution is -2.35. The van der Waals surface area contributed by atoms with Crippen molar-refractivity contribution in [1.82, 2.24) is 14.5 Å². The summed E-state index contributed by atoms with van der Waals surface area (Å²) in [5.41, 5.74) is 3.06. The highest BCUT2D eigenvalue weighted by Gasteiger charge is 2.44. The van der Waals surface area contributed by atoms with Crippen LogP contribution in [-0.2, 0) is 25.6 Å². The summed E-state index contributed by atoms with van der Waals surface area (Å²) in [6.07, 6.45) is 0.268. The van der Waals surface area contributed by atoms with Crippen molar-refractivity contribution in [2.45, 2.75) is 43.4 Å². The maximum absolute atomic E-state index is 11.0. The molecule has 0 spiro atoms. The molecule has 2 aromatic heterocycles. The summed E-state index contributed by atoms with van der Waals surface area (Å²) >= 11 is 0. The van der Waals surface area contributed by atoms with Crippen LogP contribution in [-0.4, -0.2) is 58.1 Å². The van der Waals surface area contributed by atoms with E-state index in [1.165, 1.54) is 17.5 Å². The molecule has 5 N–H and O–H groups in total. The highest BCUT2D eigenvalue weighted by Crippen LogP contribution is 2.36. The average Bonchev–Trinajstić information content (AvgIpc) is 3.44. The molecule has 3 aromatic rings. The van der Waals surface area contributed by atoms with Gasteiger partial charge in [0.15, 0.2) is 6.23 Å². The van der Waals surface area contributed by atoms with Crippen LogP contribution >= 0.6 is 0 Å². The van der Waals surface area contributed by atoms with Gasteiger partial charge in [-0.1, -0.05) is 24.3 Å². The van der Waals surface area contributed by atoms with Crippen LogP contribution in [0.1, 0.15) is 29.8 Å². The summed E-state index contributed by atoms with van der Waals surface area (Å²) < 4.78 is 33.9. The molecule has 12 heteroatoms. The van der Waals surface area contributed by atoms with Gasteiger partial charge in [-0.3, -0.25) is 4.18 Å². The van der Waals surface area contributed by atoms with Gasteiger partial charge >= 0.3 is 10.3 Å². The van der Waals surface area contributed by atoms with Gasteiger partial charge in [-0.2, -0.15) is 8.42 Å². The summed E-state index contributed by atoms with van der Waals surface area (Å²) in [5, 5.41) is 29.8. The molecule has 11 nitrogen and oxygen atoms in total. The molecule has 0 bridgehead atoms. The molecule has 0 radical (unpaired) electrons. The predicted octanol–water partition coefficient (Wildman–Crippen LogP) is 0.370. The number of anilines is 1. The van der Waals surface area contributed by atoms with Crippen LogP contribution in [0.4, 0.5) is 5.82 Å². The number of fused-ring (bicyclic) bond motifs is 2. The molecule has 1 aromatic carbocycles. The topological polar surface area (TPSA) is 162 Å². The second kappa shape index (κ2) is 8.06. The van der Waals surface area contributed by atoms with E-state index in [1.807, 2.05) is 12.1 Å². The number of rotatable bonds is 6. The highest BCUT2D eigenvalue weighted by atomic mass is 32.2. The van der Waals surface area contributed by atoms with E-state index in [0.717, 1.165) is 18.2 Å². The van der Waals surface area contributed by atoms with Crippen LogP contribution in [0.2, 0.25) is 0 Å². The predicted molar refractivity (Wildman–Crippen MR) is 114 cm³/mol. The monoisotopic (exact) mass is 461 g/mol. The number of hydrogen-bond acceptors (Lipinski definition) is 9. The van der Waals surface area contributed by atoms with Crippen LogP contribution in [0.5, 0.6) is 0 Å². The Labute approximate surface area is 184 Å². The summed E-state index contributed by atoms with van der Waals surface area (Å²) in [6.45, 7) is -0.518. The second-order valence-corrected chi connectivity index (χ2v) is 9.16. The SMILES string of the molecule is NS(=O)(=O)OC[C@H]1O[C@@H](n2ccc3c(NC4CCc5ccccc54)ncnc32)[C@H](O)[C@@H]1O. The van der Waals surface area contributed by atoms with E-state index in [2.05, 4.69) is 31.6 Å². The molecule has 2 aliphatic rings. The van der Waals surface area contributed by atoms with Gasteiger partial charge in [-0.15, -0.1) is 0 Å². The summed E-state index contributed by atoms with van der Waals surface area (Å²) in [5.74, 6) is 0.651. The standard InChI is InChI=1S/C20H23N5O6S/c21-32(28,29)30-9-15-16(26)17(27)20(31-15)25-8-7-13-18(22-10-23-19(13)25)24-14-6-5-11-3-1-2-4-12(11)14/h1-4,7-8,10,14-17,20,26-27H,5-6,9H2,(H2,21,28,29)(H,22,23,24)/t14?,15-,16-,17-,20-/m1/s1. The molecular weight excluding hydrogens is 438 g/mol. The largest absolute Gasteiger partial charge is 0.387 e. The van der Waals surface area contributed by atoms with Crippen molar-refractivity contribution in [3.8, 4) is 0 Å². The van der Waals surface area contributed by atoms with Crippen LogP contribution in [0.15, 0.2) is 42.9 Å². The number of aryl methyl sites for hydroxylation is 1. The number of benzene rings is 1. The van der Waals surface area contributed by atoms with E-state index in [9.17, 15) is 18.6 Å². The lowest BCUT2D eigenvalue weighted by molar-refractivity contribution is -0.0464. The van der Waals surface area contributed by atoms with Gasteiger partial charge in [0.2, 0.25) is 0 Å². The molecule has 1 saturated heterocycles. The minimum absolute atomic E-state index is 0.127. The zero-order valence-electron chi connectivity index (χ0n) is 16.9. The third-order valence-electron chi connectivity index (χ3n) is 5.96. The molecule has 5 rings (SSSR count). The van der Waals surface area contributed by atoms with Crippen molar-refractivity contribution in [1.29, 1.82) is 0 Å². The summed E-state index contributed by atoms with van der Waals surface area (Å²) in [4.78, 5) is 8.73. The van der Waals surface area contributed by atoms with Crippen molar-refractivity contribution >= 4 is 27.2 Å². The van der Waals surface area contributed by atoms with Crippen molar-refractivity contribution in [2.24, 2.45) is 5.14 Å². The highest BCUT2D eigenvalue weighted by molar-refractivity contribution is 7.84. The summed E-state index contributed by atoms with van der Waals surface area (Å²) in [6, 6.07) is 10.2. The Balaban J connectivity index is 1.40. The zero-order valence-corrected chi connectivity index (χ0v) is 17.7. The number of hydrogen-bond donors (Lipinski definition) is 4. The minimum atomic E-state index is -4.21. The Morgan fingerprint density at radius 3 is 2.84 bits per heavy atom. The van der Waals surface area contributed by atoms with Crippen molar-refractivity contribution < 1.29 is 27.6 Å². The van der Waals surface area contributed by atoms with Gasteiger partial charge < -0.3 is 24.8 Å². The molecule has 5 atom stereocenters. The lowest BCUT2D eigenvalue weighted by atomic mass is 10.1. The van der Waals surface area contributed by atoms with Crippen molar-refractivity contribution in [2.75, 3.05) is 11.9 Å². The lowest BCUT2D eigenvalue weighted by Gasteiger charge is -2.18. The Bertz CT molecular complexity index is 1250. The first-order valence-electron chi connectivity index (χ1n) is 10.2.